The standard InChI is InChI=1S/C9H18BrNO2S/c10-7-4-8-11-14(12,13)9-5-2-1-3-6-9/h9,11H,1-8H2. The Bertz CT molecular complexity index is 248. The lowest BCUT2D eigenvalue weighted by molar-refractivity contribution is 0.477. The molecule has 0 unspecified atom stereocenters. The summed E-state index contributed by atoms with van der Waals surface area (Å²) in [5.41, 5.74) is 0. The van der Waals surface area contributed by atoms with Crippen LogP contribution in [-0.2, 0) is 10.0 Å². The molecular formula is C9H18BrNO2S. The van der Waals surface area contributed by atoms with E-state index in [-0.39, 0.29) is 5.25 Å². The van der Waals surface area contributed by atoms with Gasteiger partial charge in [0.15, 0.2) is 0 Å². The van der Waals surface area contributed by atoms with E-state index in [1.165, 1.54) is 6.42 Å². The van der Waals surface area contributed by atoms with Crippen molar-refractivity contribution in [1.82, 2.24) is 4.72 Å². The van der Waals surface area contributed by atoms with Gasteiger partial charge in [0, 0.05) is 11.9 Å². The van der Waals surface area contributed by atoms with E-state index in [1.54, 1.807) is 0 Å². The number of nitrogens with one attached hydrogen (secondary N) is 1. The van der Waals surface area contributed by atoms with E-state index in [1.807, 2.05) is 0 Å². The van der Waals surface area contributed by atoms with E-state index >= 15 is 0 Å². The zero-order valence-corrected chi connectivity index (χ0v) is 10.7. The molecule has 1 N–H and O–H groups in total. The van der Waals surface area contributed by atoms with Crippen LogP contribution >= 0.6 is 15.9 Å². The first-order chi connectivity index (χ1) is 6.67. The Morgan fingerprint density at radius 2 is 1.86 bits per heavy atom. The zero-order chi connectivity index (χ0) is 10.4. The van der Waals surface area contributed by atoms with Gasteiger partial charge in [0.1, 0.15) is 0 Å². The van der Waals surface area contributed by atoms with Crippen molar-refractivity contribution in [3.8, 4) is 0 Å². The molecule has 1 aliphatic carbocycles. The van der Waals surface area contributed by atoms with Crippen LogP contribution < -0.4 is 4.72 Å². The zero-order valence-electron chi connectivity index (χ0n) is 8.34. The number of rotatable bonds is 5. The van der Waals surface area contributed by atoms with Gasteiger partial charge in [0.05, 0.1) is 5.25 Å². The van der Waals surface area contributed by atoms with E-state index in [9.17, 15) is 8.42 Å². The van der Waals surface area contributed by atoms with Crippen LogP contribution in [0, 0.1) is 0 Å². The maximum Gasteiger partial charge on any atom is 0.214 e. The van der Waals surface area contributed by atoms with Crippen molar-refractivity contribution in [1.29, 1.82) is 0 Å². The first-order valence-electron chi connectivity index (χ1n) is 5.21. The van der Waals surface area contributed by atoms with Gasteiger partial charge in [0.2, 0.25) is 10.0 Å². The molecule has 0 aromatic carbocycles. The summed E-state index contributed by atoms with van der Waals surface area (Å²) in [7, 11) is -3.03. The highest BCUT2D eigenvalue weighted by atomic mass is 79.9. The summed E-state index contributed by atoms with van der Waals surface area (Å²) in [5.74, 6) is 0. The second-order valence-electron chi connectivity index (χ2n) is 3.74. The second kappa shape index (κ2) is 6.08. The van der Waals surface area contributed by atoms with Gasteiger partial charge < -0.3 is 0 Å². The summed E-state index contributed by atoms with van der Waals surface area (Å²) in [6, 6.07) is 0. The SMILES string of the molecule is O=S(=O)(NCCCBr)C1CCCCC1. The van der Waals surface area contributed by atoms with E-state index in [0.717, 1.165) is 37.4 Å². The summed E-state index contributed by atoms with van der Waals surface area (Å²) in [6.07, 6.45) is 5.83. The first kappa shape index (κ1) is 12.5. The molecule has 1 saturated carbocycles. The van der Waals surface area contributed by atoms with Gasteiger partial charge in [-0.3, -0.25) is 0 Å². The molecular weight excluding hydrogens is 266 g/mol. The third kappa shape index (κ3) is 3.87. The Balaban J connectivity index is 2.38. The first-order valence-corrected chi connectivity index (χ1v) is 7.88. The number of alkyl halides is 1. The normalized spacial score (nSPS) is 19.8. The minimum absolute atomic E-state index is 0.133. The second-order valence-corrected chi connectivity index (χ2v) is 6.58. The van der Waals surface area contributed by atoms with E-state index in [2.05, 4.69) is 20.7 Å². The van der Waals surface area contributed by atoms with E-state index in [4.69, 9.17) is 0 Å². The van der Waals surface area contributed by atoms with Crippen LogP contribution in [0.5, 0.6) is 0 Å². The van der Waals surface area contributed by atoms with Crippen molar-refractivity contribution < 1.29 is 8.42 Å². The largest absolute Gasteiger partial charge is 0.215 e. The molecule has 3 nitrogen and oxygen atoms in total. The fourth-order valence-electron chi connectivity index (χ4n) is 1.77. The average Bonchev–Trinajstić information content (AvgIpc) is 2.19. The Morgan fingerprint density at radius 1 is 1.21 bits per heavy atom. The molecule has 84 valence electrons. The molecule has 0 aromatic rings. The lowest BCUT2D eigenvalue weighted by Gasteiger charge is -2.21. The lowest BCUT2D eigenvalue weighted by Crippen LogP contribution is -2.36. The van der Waals surface area contributed by atoms with Gasteiger partial charge in [-0.15, -0.1) is 0 Å². The Hall–Kier alpha value is 0.390. The predicted molar refractivity (Wildman–Crippen MR) is 62.2 cm³/mol. The van der Waals surface area contributed by atoms with Crippen LogP contribution in [0.1, 0.15) is 38.5 Å². The summed E-state index contributed by atoms with van der Waals surface area (Å²) >= 11 is 3.28. The number of hydrogen-bond acceptors (Lipinski definition) is 2. The molecule has 1 aliphatic rings. The molecule has 0 bridgehead atoms. The quantitative estimate of drug-likeness (QED) is 0.620. The molecule has 0 amide bonds. The highest BCUT2D eigenvalue weighted by Crippen LogP contribution is 2.22. The third-order valence-electron chi connectivity index (χ3n) is 2.60. The minimum Gasteiger partial charge on any atom is -0.215 e. The van der Waals surface area contributed by atoms with Crippen molar-refractivity contribution in [3.05, 3.63) is 0 Å². The summed E-state index contributed by atoms with van der Waals surface area (Å²) < 4.78 is 26.1. The van der Waals surface area contributed by atoms with Crippen molar-refractivity contribution in [2.45, 2.75) is 43.8 Å². The molecule has 0 heterocycles. The fourth-order valence-corrected chi connectivity index (χ4v) is 3.67. The molecule has 0 aromatic heterocycles. The van der Waals surface area contributed by atoms with E-state index < -0.39 is 10.0 Å². The number of hydrogen-bond donors (Lipinski definition) is 1. The van der Waals surface area contributed by atoms with Crippen molar-refractivity contribution in [2.75, 3.05) is 11.9 Å². The van der Waals surface area contributed by atoms with Crippen LogP contribution in [0.15, 0.2) is 0 Å². The highest BCUT2D eigenvalue weighted by molar-refractivity contribution is 9.09. The van der Waals surface area contributed by atoms with Crippen LogP contribution in [0.25, 0.3) is 0 Å². The van der Waals surface area contributed by atoms with Gasteiger partial charge in [-0.2, -0.15) is 0 Å². The molecule has 0 atom stereocenters. The summed E-state index contributed by atoms with van der Waals surface area (Å²) in [4.78, 5) is 0. The molecule has 0 spiro atoms. The van der Waals surface area contributed by atoms with Crippen LogP contribution in [-0.4, -0.2) is 25.5 Å². The molecule has 1 rings (SSSR count). The Kier molecular flexibility index (Phi) is 5.41. The number of sulfonamides is 1. The van der Waals surface area contributed by atoms with Crippen LogP contribution in [0.2, 0.25) is 0 Å². The third-order valence-corrected chi connectivity index (χ3v) is 5.12. The van der Waals surface area contributed by atoms with Crippen molar-refractivity contribution in [2.24, 2.45) is 0 Å². The molecule has 0 radical (unpaired) electrons. The Labute approximate surface area is 94.8 Å². The van der Waals surface area contributed by atoms with Gasteiger partial charge in [0.25, 0.3) is 0 Å². The van der Waals surface area contributed by atoms with Gasteiger partial charge >= 0.3 is 0 Å². The monoisotopic (exact) mass is 283 g/mol. The highest BCUT2D eigenvalue weighted by Gasteiger charge is 2.26. The molecule has 0 aliphatic heterocycles. The Morgan fingerprint density at radius 3 is 2.43 bits per heavy atom. The average molecular weight is 284 g/mol. The van der Waals surface area contributed by atoms with E-state index in [0.29, 0.717) is 6.54 Å². The molecule has 5 heteroatoms. The fraction of sp³-hybridized carbons (Fsp3) is 1.00. The minimum atomic E-state index is -3.03. The van der Waals surface area contributed by atoms with Gasteiger partial charge in [-0.25, -0.2) is 13.1 Å². The predicted octanol–water partition coefficient (Wildman–Crippen LogP) is 2.02. The molecule has 0 saturated heterocycles. The van der Waals surface area contributed by atoms with Gasteiger partial charge in [-0.05, 0) is 19.3 Å². The topological polar surface area (TPSA) is 46.2 Å². The smallest absolute Gasteiger partial charge is 0.214 e. The van der Waals surface area contributed by atoms with Crippen LogP contribution in [0.4, 0.5) is 0 Å². The lowest BCUT2D eigenvalue weighted by atomic mass is 10.0. The van der Waals surface area contributed by atoms with Crippen LogP contribution in [0.3, 0.4) is 0 Å². The van der Waals surface area contributed by atoms with Gasteiger partial charge in [-0.1, -0.05) is 35.2 Å². The van der Waals surface area contributed by atoms with Crippen molar-refractivity contribution in [3.63, 3.8) is 0 Å². The summed E-state index contributed by atoms with van der Waals surface area (Å²) in [6.45, 7) is 0.560. The molecule has 14 heavy (non-hydrogen) atoms. The number of halogens is 1. The maximum absolute atomic E-state index is 11.7. The molecule has 1 fully saturated rings. The van der Waals surface area contributed by atoms with Crippen molar-refractivity contribution >= 4 is 26.0 Å². The summed E-state index contributed by atoms with van der Waals surface area (Å²) in [5, 5.41) is 0.715. The maximum atomic E-state index is 11.7.